The summed E-state index contributed by atoms with van der Waals surface area (Å²) < 4.78 is 1.93. The molecule has 0 aliphatic heterocycles. The number of carbonyl (C=O) groups is 1. The Hall–Kier alpha value is -2.41. The molecule has 0 amide bonds. The second-order valence-electron chi connectivity index (χ2n) is 4.95. The van der Waals surface area contributed by atoms with E-state index in [1.165, 1.54) is 0 Å². The highest BCUT2D eigenvalue weighted by molar-refractivity contribution is 7.96. The SMILES string of the molecule is Nc1nc(CCC(=O)S)nc2c1ncn2Cc1ccccc1. The number of benzene rings is 1. The molecule has 0 unspecified atom stereocenters. The molecular weight excluding hydrogens is 298 g/mol. The van der Waals surface area contributed by atoms with Crippen LogP contribution >= 0.6 is 12.6 Å². The maximum absolute atomic E-state index is 11.0. The van der Waals surface area contributed by atoms with Crippen LogP contribution in [0, 0.1) is 0 Å². The lowest BCUT2D eigenvalue weighted by molar-refractivity contribution is -0.110. The van der Waals surface area contributed by atoms with Gasteiger partial charge in [-0.15, -0.1) is 12.6 Å². The van der Waals surface area contributed by atoms with Crippen molar-refractivity contribution < 1.29 is 4.79 Å². The van der Waals surface area contributed by atoms with Crippen molar-refractivity contribution in [3.63, 3.8) is 0 Å². The Balaban J connectivity index is 1.95. The van der Waals surface area contributed by atoms with E-state index in [0.717, 1.165) is 5.56 Å². The van der Waals surface area contributed by atoms with Crippen molar-refractivity contribution in [3.8, 4) is 0 Å². The molecule has 2 heterocycles. The largest absolute Gasteiger partial charge is 0.382 e. The molecule has 2 N–H and O–H groups in total. The van der Waals surface area contributed by atoms with Gasteiger partial charge >= 0.3 is 0 Å². The Morgan fingerprint density at radius 2 is 2.00 bits per heavy atom. The van der Waals surface area contributed by atoms with E-state index < -0.39 is 0 Å². The van der Waals surface area contributed by atoms with Crippen molar-refractivity contribution in [2.24, 2.45) is 0 Å². The maximum Gasteiger partial charge on any atom is 0.186 e. The number of thiol groups is 1. The van der Waals surface area contributed by atoms with E-state index in [1.807, 2.05) is 34.9 Å². The second-order valence-corrected chi connectivity index (χ2v) is 5.45. The van der Waals surface area contributed by atoms with Crippen LogP contribution in [-0.4, -0.2) is 24.6 Å². The minimum absolute atomic E-state index is 0.194. The molecule has 1 aromatic carbocycles. The summed E-state index contributed by atoms with van der Waals surface area (Å²) in [5, 5.41) is -0.194. The highest BCUT2D eigenvalue weighted by atomic mass is 32.1. The number of hydrogen-bond acceptors (Lipinski definition) is 5. The normalized spacial score (nSPS) is 11.0. The number of fused-ring (bicyclic) bond motifs is 1. The average molecular weight is 313 g/mol. The summed E-state index contributed by atoms with van der Waals surface area (Å²) in [6, 6.07) is 10.0. The van der Waals surface area contributed by atoms with E-state index in [0.29, 0.717) is 35.8 Å². The zero-order chi connectivity index (χ0) is 15.5. The first kappa shape index (κ1) is 14.5. The molecule has 0 bridgehead atoms. The van der Waals surface area contributed by atoms with Gasteiger partial charge in [-0.3, -0.25) is 4.79 Å². The lowest BCUT2D eigenvalue weighted by Gasteiger charge is -2.06. The number of anilines is 1. The predicted molar refractivity (Wildman–Crippen MR) is 87.6 cm³/mol. The maximum atomic E-state index is 11.0. The van der Waals surface area contributed by atoms with Crippen LogP contribution in [-0.2, 0) is 17.8 Å². The molecule has 3 rings (SSSR count). The molecule has 0 spiro atoms. The molecule has 0 atom stereocenters. The van der Waals surface area contributed by atoms with Crippen LogP contribution in [0.25, 0.3) is 11.2 Å². The van der Waals surface area contributed by atoms with Gasteiger partial charge in [-0.1, -0.05) is 30.3 Å². The fourth-order valence-electron chi connectivity index (χ4n) is 2.24. The van der Waals surface area contributed by atoms with Gasteiger partial charge in [0.25, 0.3) is 0 Å². The molecule has 7 heteroatoms. The predicted octanol–water partition coefficient (Wildman–Crippen LogP) is 1.85. The number of aryl methyl sites for hydroxylation is 1. The second kappa shape index (κ2) is 6.15. The summed E-state index contributed by atoms with van der Waals surface area (Å²) in [4.78, 5) is 24.0. The zero-order valence-electron chi connectivity index (χ0n) is 11.8. The Morgan fingerprint density at radius 3 is 2.73 bits per heavy atom. The van der Waals surface area contributed by atoms with Crippen LogP contribution in [0.15, 0.2) is 36.7 Å². The monoisotopic (exact) mass is 313 g/mol. The van der Waals surface area contributed by atoms with Crippen molar-refractivity contribution in [2.45, 2.75) is 19.4 Å². The van der Waals surface area contributed by atoms with Crippen LogP contribution in [0.2, 0.25) is 0 Å². The molecule has 0 radical (unpaired) electrons. The average Bonchev–Trinajstić information content (AvgIpc) is 2.90. The van der Waals surface area contributed by atoms with Gasteiger partial charge in [-0.25, -0.2) is 15.0 Å². The number of nitrogen functional groups attached to an aromatic ring is 1. The molecule has 6 nitrogen and oxygen atoms in total. The van der Waals surface area contributed by atoms with Crippen molar-refractivity contribution in [1.29, 1.82) is 0 Å². The third kappa shape index (κ3) is 3.09. The van der Waals surface area contributed by atoms with Gasteiger partial charge in [-0.2, -0.15) is 0 Å². The lowest BCUT2D eigenvalue weighted by Crippen LogP contribution is -2.05. The van der Waals surface area contributed by atoms with Gasteiger partial charge in [0.1, 0.15) is 11.3 Å². The topological polar surface area (TPSA) is 86.7 Å². The van der Waals surface area contributed by atoms with E-state index in [1.54, 1.807) is 6.33 Å². The summed E-state index contributed by atoms with van der Waals surface area (Å²) >= 11 is 3.76. The molecule has 0 fully saturated rings. The summed E-state index contributed by atoms with van der Waals surface area (Å²) in [5.41, 5.74) is 8.34. The summed E-state index contributed by atoms with van der Waals surface area (Å²) in [5.74, 6) is 0.862. The fraction of sp³-hybridized carbons (Fsp3) is 0.200. The molecule has 0 aliphatic rings. The van der Waals surface area contributed by atoms with Crippen LogP contribution in [0.4, 0.5) is 5.82 Å². The van der Waals surface area contributed by atoms with Crippen molar-refractivity contribution in [1.82, 2.24) is 19.5 Å². The minimum Gasteiger partial charge on any atom is -0.382 e. The van der Waals surface area contributed by atoms with Crippen molar-refractivity contribution >= 4 is 34.7 Å². The Morgan fingerprint density at radius 1 is 1.23 bits per heavy atom. The number of hydrogen-bond donors (Lipinski definition) is 2. The standard InChI is InChI=1S/C15H15N5OS/c16-14-13-15(19-11(18-14)6-7-12(21)22)20(9-17-13)8-10-4-2-1-3-5-10/h1-5,9H,6-8H2,(H,21,22)(H2,16,18,19). The fourth-order valence-corrected chi connectivity index (χ4v) is 2.35. The molecule has 112 valence electrons. The summed E-state index contributed by atoms with van der Waals surface area (Å²) in [6.45, 7) is 0.652. The van der Waals surface area contributed by atoms with Crippen LogP contribution in [0.5, 0.6) is 0 Å². The van der Waals surface area contributed by atoms with E-state index in [-0.39, 0.29) is 11.5 Å². The van der Waals surface area contributed by atoms with E-state index in [9.17, 15) is 4.79 Å². The molecule has 0 saturated heterocycles. The van der Waals surface area contributed by atoms with Gasteiger partial charge in [0.2, 0.25) is 0 Å². The molecule has 0 saturated carbocycles. The minimum atomic E-state index is -0.194. The third-order valence-electron chi connectivity index (χ3n) is 3.30. The van der Waals surface area contributed by atoms with E-state index in [2.05, 4.69) is 27.6 Å². The van der Waals surface area contributed by atoms with Crippen LogP contribution in [0.3, 0.4) is 0 Å². The molecule has 22 heavy (non-hydrogen) atoms. The molecule has 2 aromatic heterocycles. The number of carbonyl (C=O) groups excluding carboxylic acids is 1. The van der Waals surface area contributed by atoms with Crippen LogP contribution in [0.1, 0.15) is 17.8 Å². The van der Waals surface area contributed by atoms with Gasteiger partial charge in [-0.05, 0) is 5.56 Å². The Labute approximate surface area is 132 Å². The van der Waals surface area contributed by atoms with E-state index in [4.69, 9.17) is 5.73 Å². The first-order chi connectivity index (χ1) is 10.6. The van der Waals surface area contributed by atoms with Gasteiger partial charge in [0.15, 0.2) is 16.6 Å². The molecule has 0 aliphatic carbocycles. The summed E-state index contributed by atoms with van der Waals surface area (Å²) in [7, 11) is 0. The molecule has 3 aromatic rings. The van der Waals surface area contributed by atoms with Gasteiger partial charge in [0, 0.05) is 12.8 Å². The Kier molecular flexibility index (Phi) is 4.06. The highest BCUT2D eigenvalue weighted by Crippen LogP contribution is 2.18. The van der Waals surface area contributed by atoms with Gasteiger partial charge in [0.05, 0.1) is 12.9 Å². The number of aromatic nitrogens is 4. The Bertz CT molecular complexity index is 815. The smallest absolute Gasteiger partial charge is 0.186 e. The first-order valence-electron chi connectivity index (χ1n) is 6.86. The van der Waals surface area contributed by atoms with E-state index >= 15 is 0 Å². The van der Waals surface area contributed by atoms with Crippen molar-refractivity contribution in [2.75, 3.05) is 5.73 Å². The first-order valence-corrected chi connectivity index (χ1v) is 7.31. The van der Waals surface area contributed by atoms with Crippen LogP contribution < -0.4 is 5.73 Å². The number of nitrogens with two attached hydrogens (primary N) is 1. The third-order valence-corrected chi connectivity index (χ3v) is 3.52. The summed E-state index contributed by atoms with van der Waals surface area (Å²) in [6.07, 6.45) is 2.40. The lowest BCUT2D eigenvalue weighted by atomic mass is 10.2. The number of nitrogens with zero attached hydrogens (tertiary/aromatic N) is 4. The highest BCUT2D eigenvalue weighted by Gasteiger charge is 2.12. The molecular formula is C15H15N5OS. The van der Waals surface area contributed by atoms with Crippen molar-refractivity contribution in [3.05, 3.63) is 48.0 Å². The number of imidazole rings is 1. The quantitative estimate of drug-likeness (QED) is 0.702. The number of rotatable bonds is 5. The van der Waals surface area contributed by atoms with Gasteiger partial charge < -0.3 is 10.3 Å². The zero-order valence-corrected chi connectivity index (χ0v) is 12.7.